The first-order valence-corrected chi connectivity index (χ1v) is 11.7. The summed E-state index contributed by atoms with van der Waals surface area (Å²) in [7, 11) is -3.61. The van der Waals surface area contributed by atoms with Crippen molar-refractivity contribution in [3.63, 3.8) is 0 Å². The van der Waals surface area contributed by atoms with Crippen LogP contribution in [0.5, 0.6) is 0 Å². The van der Waals surface area contributed by atoms with E-state index >= 15 is 0 Å². The summed E-state index contributed by atoms with van der Waals surface area (Å²) in [5.74, 6) is -0.246. The minimum absolute atomic E-state index is 0.0397. The van der Waals surface area contributed by atoms with Crippen molar-refractivity contribution >= 4 is 27.5 Å². The van der Waals surface area contributed by atoms with Crippen LogP contribution in [0, 0.1) is 0 Å². The van der Waals surface area contributed by atoms with Crippen molar-refractivity contribution in [2.24, 2.45) is 0 Å². The molecule has 30 heavy (non-hydrogen) atoms. The van der Waals surface area contributed by atoms with Crippen LogP contribution in [0.3, 0.4) is 0 Å². The molecule has 0 saturated carbocycles. The summed E-state index contributed by atoms with van der Waals surface area (Å²) in [5, 5.41) is 3.66. The largest absolute Gasteiger partial charge is 0.350 e. The average molecular weight is 448 g/mol. The summed E-state index contributed by atoms with van der Waals surface area (Å²) in [6.07, 6.45) is 3.75. The first-order chi connectivity index (χ1) is 14.4. The zero-order valence-corrected chi connectivity index (χ0v) is 18.3. The van der Waals surface area contributed by atoms with Gasteiger partial charge in [0.05, 0.1) is 10.9 Å². The highest BCUT2D eigenvalue weighted by Crippen LogP contribution is 2.26. The Kier molecular flexibility index (Phi) is 7.66. The molecule has 0 spiro atoms. The Morgan fingerprint density at radius 1 is 1.17 bits per heavy atom. The molecule has 1 atom stereocenters. The molecule has 160 valence electrons. The molecule has 2 N–H and O–H groups in total. The number of hydrogen-bond acceptors (Lipinski definition) is 4. The van der Waals surface area contributed by atoms with Gasteiger partial charge in [-0.2, -0.15) is 0 Å². The molecule has 1 fully saturated rings. The maximum atomic E-state index is 12.7. The third-order valence-electron chi connectivity index (χ3n) is 5.12. The number of halogens is 1. The molecular weight excluding hydrogens is 422 g/mol. The number of amides is 1. The number of benzene rings is 2. The van der Waals surface area contributed by atoms with Gasteiger partial charge in [0.15, 0.2) is 0 Å². The molecule has 1 saturated heterocycles. The molecule has 0 aliphatic carbocycles. The van der Waals surface area contributed by atoms with Crippen molar-refractivity contribution in [3.05, 3.63) is 77.3 Å². The Morgan fingerprint density at radius 2 is 1.87 bits per heavy atom. The number of sulfonamides is 1. The second kappa shape index (κ2) is 10.2. The first kappa shape index (κ1) is 22.5. The molecule has 1 unspecified atom stereocenters. The zero-order valence-electron chi connectivity index (χ0n) is 16.7. The smallest absolute Gasteiger partial charge is 0.251 e. The number of carbonyl (C=O) groups is 1. The number of carbonyl (C=O) groups excluding carboxylic acids is 1. The van der Waals surface area contributed by atoms with Gasteiger partial charge in [0.1, 0.15) is 0 Å². The Bertz CT molecular complexity index is 987. The van der Waals surface area contributed by atoms with Crippen molar-refractivity contribution in [2.75, 3.05) is 26.2 Å². The molecule has 0 aromatic heterocycles. The first-order valence-electron chi connectivity index (χ1n) is 9.89. The Balaban J connectivity index is 1.68. The summed E-state index contributed by atoms with van der Waals surface area (Å²) in [6.45, 7) is 6.05. The second-order valence-electron chi connectivity index (χ2n) is 7.19. The lowest BCUT2D eigenvalue weighted by Crippen LogP contribution is -2.36. The molecule has 1 heterocycles. The van der Waals surface area contributed by atoms with Crippen molar-refractivity contribution in [1.82, 2.24) is 14.9 Å². The van der Waals surface area contributed by atoms with Gasteiger partial charge in [-0.25, -0.2) is 13.1 Å². The molecule has 0 radical (unpaired) electrons. The van der Waals surface area contributed by atoms with E-state index in [1.807, 2.05) is 24.3 Å². The van der Waals surface area contributed by atoms with Gasteiger partial charge in [0, 0.05) is 23.7 Å². The highest BCUT2D eigenvalue weighted by Gasteiger charge is 2.24. The fraction of sp³-hybridized carbons (Fsp3) is 0.318. The van der Waals surface area contributed by atoms with E-state index in [1.165, 1.54) is 30.3 Å². The van der Waals surface area contributed by atoms with Crippen LogP contribution in [0.2, 0.25) is 5.02 Å². The summed E-state index contributed by atoms with van der Waals surface area (Å²) < 4.78 is 26.7. The van der Waals surface area contributed by atoms with Gasteiger partial charge in [-0.15, -0.1) is 6.58 Å². The van der Waals surface area contributed by atoms with Crippen molar-refractivity contribution in [2.45, 2.75) is 23.8 Å². The standard InChI is InChI=1S/C22H26ClN3O3S/c1-2-12-25-30(28,29)20-10-8-17(9-11-20)22(27)24-16-21(26-13-3-4-14-26)18-6-5-7-19(23)15-18/h2,5-11,15,21,25H,1,3-4,12-14,16H2,(H,24,27). The molecule has 8 heteroatoms. The van der Waals surface area contributed by atoms with E-state index in [0.717, 1.165) is 31.5 Å². The number of hydrogen-bond donors (Lipinski definition) is 2. The van der Waals surface area contributed by atoms with Gasteiger partial charge >= 0.3 is 0 Å². The van der Waals surface area contributed by atoms with E-state index in [-0.39, 0.29) is 23.4 Å². The van der Waals surface area contributed by atoms with Crippen LogP contribution in [0.1, 0.15) is 34.8 Å². The third-order valence-corrected chi connectivity index (χ3v) is 6.79. The molecule has 1 aliphatic rings. The van der Waals surface area contributed by atoms with Gasteiger partial charge in [0.2, 0.25) is 10.0 Å². The third kappa shape index (κ3) is 5.70. The van der Waals surface area contributed by atoms with Crippen LogP contribution in [0.4, 0.5) is 0 Å². The molecule has 3 rings (SSSR count). The Labute approximate surface area is 183 Å². The predicted molar refractivity (Wildman–Crippen MR) is 119 cm³/mol. The monoisotopic (exact) mass is 447 g/mol. The number of nitrogens with one attached hydrogen (secondary N) is 2. The molecule has 6 nitrogen and oxygen atoms in total. The molecular formula is C22H26ClN3O3S. The van der Waals surface area contributed by atoms with Crippen LogP contribution in [0.25, 0.3) is 0 Å². The lowest BCUT2D eigenvalue weighted by atomic mass is 10.1. The van der Waals surface area contributed by atoms with Crippen molar-refractivity contribution in [1.29, 1.82) is 0 Å². The lowest BCUT2D eigenvalue weighted by Gasteiger charge is -2.28. The maximum Gasteiger partial charge on any atom is 0.251 e. The van der Waals surface area contributed by atoms with Gasteiger partial charge in [0.25, 0.3) is 5.91 Å². The van der Waals surface area contributed by atoms with Gasteiger partial charge in [-0.05, 0) is 67.9 Å². The highest BCUT2D eigenvalue weighted by molar-refractivity contribution is 7.89. The predicted octanol–water partition coefficient (Wildman–Crippen LogP) is 3.37. The highest BCUT2D eigenvalue weighted by atomic mass is 35.5. The molecule has 2 aromatic rings. The molecule has 0 bridgehead atoms. The fourth-order valence-electron chi connectivity index (χ4n) is 3.55. The van der Waals surface area contributed by atoms with Crippen LogP contribution < -0.4 is 10.0 Å². The van der Waals surface area contributed by atoms with E-state index in [9.17, 15) is 13.2 Å². The molecule has 1 amide bonds. The lowest BCUT2D eigenvalue weighted by molar-refractivity contribution is 0.0938. The van der Waals surface area contributed by atoms with E-state index in [1.54, 1.807) is 0 Å². The minimum Gasteiger partial charge on any atom is -0.350 e. The SMILES string of the molecule is C=CCNS(=O)(=O)c1ccc(C(=O)NCC(c2cccc(Cl)c2)N2CCCC2)cc1. The van der Waals surface area contributed by atoms with Crippen LogP contribution in [-0.2, 0) is 10.0 Å². The van der Waals surface area contributed by atoms with E-state index in [2.05, 4.69) is 21.5 Å². The summed E-state index contributed by atoms with van der Waals surface area (Å²) in [4.78, 5) is 15.1. The minimum atomic E-state index is -3.61. The van der Waals surface area contributed by atoms with Crippen molar-refractivity contribution in [3.8, 4) is 0 Å². The van der Waals surface area contributed by atoms with Gasteiger partial charge in [-0.3, -0.25) is 9.69 Å². The van der Waals surface area contributed by atoms with Crippen LogP contribution >= 0.6 is 11.6 Å². The normalized spacial score (nSPS) is 15.6. The average Bonchev–Trinajstić information content (AvgIpc) is 3.27. The number of likely N-dealkylation sites (tertiary alicyclic amines) is 1. The van der Waals surface area contributed by atoms with E-state index in [4.69, 9.17) is 11.6 Å². The topological polar surface area (TPSA) is 78.5 Å². The molecule has 1 aliphatic heterocycles. The summed E-state index contributed by atoms with van der Waals surface area (Å²) in [5.41, 5.74) is 1.48. The Morgan fingerprint density at radius 3 is 2.50 bits per heavy atom. The van der Waals surface area contributed by atoms with E-state index in [0.29, 0.717) is 17.1 Å². The zero-order chi connectivity index (χ0) is 21.6. The quantitative estimate of drug-likeness (QED) is 0.577. The molecule has 2 aromatic carbocycles. The van der Waals surface area contributed by atoms with Crippen molar-refractivity contribution < 1.29 is 13.2 Å². The van der Waals surface area contributed by atoms with E-state index < -0.39 is 10.0 Å². The number of rotatable bonds is 9. The summed E-state index contributed by atoms with van der Waals surface area (Å²) >= 11 is 6.17. The second-order valence-corrected chi connectivity index (χ2v) is 9.39. The summed E-state index contributed by atoms with van der Waals surface area (Å²) in [6, 6.07) is 13.6. The maximum absolute atomic E-state index is 12.7. The van der Waals surface area contributed by atoms with Gasteiger partial charge in [-0.1, -0.05) is 29.8 Å². The van der Waals surface area contributed by atoms with Gasteiger partial charge < -0.3 is 5.32 Å². The fourth-order valence-corrected chi connectivity index (χ4v) is 4.75. The Hall–Kier alpha value is -2.19. The number of nitrogens with zero attached hydrogens (tertiary/aromatic N) is 1. The van der Waals surface area contributed by atoms with Crippen LogP contribution in [-0.4, -0.2) is 45.4 Å². The van der Waals surface area contributed by atoms with Crippen LogP contribution in [0.15, 0.2) is 66.1 Å².